The fraction of sp³-hybridized carbons (Fsp3) is 0.800. The third kappa shape index (κ3) is 1.49. The summed E-state index contributed by atoms with van der Waals surface area (Å²) in [4.78, 5) is 0. The van der Waals surface area contributed by atoms with Gasteiger partial charge in [0.1, 0.15) is 5.69 Å². The number of aromatic nitrogens is 3. The van der Waals surface area contributed by atoms with E-state index in [0.29, 0.717) is 12.6 Å². The van der Waals surface area contributed by atoms with Gasteiger partial charge in [0.05, 0.1) is 11.7 Å². The molecule has 1 aromatic rings. The largest absolute Gasteiger partial charge is 0.325 e. The smallest absolute Gasteiger partial charge is 0.100 e. The van der Waals surface area contributed by atoms with E-state index in [0.717, 1.165) is 16.7 Å². The number of nitrogens with two attached hydrogens (primary N) is 1. The summed E-state index contributed by atoms with van der Waals surface area (Å²) in [5.41, 5.74) is 7.92. The van der Waals surface area contributed by atoms with E-state index in [-0.39, 0.29) is 0 Å². The molecule has 0 bridgehead atoms. The fourth-order valence-electron chi connectivity index (χ4n) is 2.66. The average molecular weight is 224 g/mol. The first-order valence-electron chi connectivity index (χ1n) is 5.64. The van der Waals surface area contributed by atoms with Crippen molar-refractivity contribution in [1.29, 1.82) is 0 Å². The molecule has 15 heavy (non-hydrogen) atoms. The first kappa shape index (κ1) is 9.66. The van der Waals surface area contributed by atoms with Crippen LogP contribution < -0.4 is 5.73 Å². The highest BCUT2D eigenvalue weighted by Gasteiger charge is 2.34. The maximum Gasteiger partial charge on any atom is 0.100 e. The number of hydrogen-bond acceptors (Lipinski definition) is 4. The summed E-state index contributed by atoms with van der Waals surface area (Å²) in [6.07, 6.45) is 5.31. The Hall–Kier alpha value is -0.550. The van der Waals surface area contributed by atoms with Crippen LogP contribution in [0.5, 0.6) is 0 Å². The van der Waals surface area contributed by atoms with Gasteiger partial charge < -0.3 is 5.73 Å². The monoisotopic (exact) mass is 224 g/mol. The van der Waals surface area contributed by atoms with Gasteiger partial charge in [-0.15, -0.1) is 16.9 Å². The van der Waals surface area contributed by atoms with Crippen LogP contribution in [0.1, 0.15) is 43.1 Å². The summed E-state index contributed by atoms with van der Waals surface area (Å²) < 4.78 is 2.16. The number of thioether (sulfide) groups is 1. The molecule has 0 amide bonds. The van der Waals surface area contributed by atoms with Gasteiger partial charge in [-0.1, -0.05) is 18.1 Å². The molecule has 1 aromatic heterocycles. The van der Waals surface area contributed by atoms with Gasteiger partial charge in [0.15, 0.2) is 0 Å². The zero-order valence-electron chi connectivity index (χ0n) is 8.72. The lowest BCUT2D eigenvalue weighted by molar-refractivity contribution is 0.323. The van der Waals surface area contributed by atoms with E-state index >= 15 is 0 Å². The molecule has 3 rings (SSSR count). The van der Waals surface area contributed by atoms with Crippen molar-refractivity contribution in [2.75, 3.05) is 0 Å². The van der Waals surface area contributed by atoms with Crippen molar-refractivity contribution in [3.63, 3.8) is 0 Å². The highest BCUT2D eigenvalue weighted by atomic mass is 32.2. The van der Waals surface area contributed by atoms with Crippen LogP contribution in [-0.2, 0) is 12.3 Å². The molecule has 0 spiro atoms. The molecule has 2 heterocycles. The summed E-state index contributed by atoms with van der Waals surface area (Å²) in [6.45, 7) is 0.521. The minimum atomic E-state index is 0.521. The number of fused-ring (bicyclic) bond motifs is 3. The van der Waals surface area contributed by atoms with E-state index in [4.69, 9.17) is 5.73 Å². The summed E-state index contributed by atoms with van der Waals surface area (Å²) >= 11 is 2.07. The lowest BCUT2D eigenvalue weighted by Gasteiger charge is -2.35. The second-order valence-corrected chi connectivity index (χ2v) is 5.56. The standard InChI is InChI=1S/C10H16N4S/c11-5-7-9-6-15-10-4-2-1-3-8(10)14(9)13-12-7/h8,10H,1-6,11H2. The van der Waals surface area contributed by atoms with Gasteiger partial charge in [-0.3, -0.25) is 0 Å². The van der Waals surface area contributed by atoms with Crippen LogP contribution in [0.25, 0.3) is 0 Å². The van der Waals surface area contributed by atoms with Crippen LogP contribution in [0.3, 0.4) is 0 Å². The lowest BCUT2D eigenvalue weighted by atomic mass is 9.94. The average Bonchev–Trinajstić information content (AvgIpc) is 2.72. The minimum absolute atomic E-state index is 0.521. The third-order valence-corrected chi connectivity index (χ3v) is 4.90. The van der Waals surface area contributed by atoms with Crippen LogP contribution >= 0.6 is 11.8 Å². The summed E-state index contributed by atoms with van der Waals surface area (Å²) in [6, 6.07) is 0.584. The van der Waals surface area contributed by atoms with Crippen molar-refractivity contribution >= 4 is 11.8 Å². The van der Waals surface area contributed by atoms with Crippen molar-refractivity contribution in [2.24, 2.45) is 5.73 Å². The minimum Gasteiger partial charge on any atom is -0.325 e. The summed E-state index contributed by atoms with van der Waals surface area (Å²) in [5.74, 6) is 1.04. The third-order valence-electron chi connectivity index (χ3n) is 3.48. The normalized spacial score (nSPS) is 29.7. The first-order valence-corrected chi connectivity index (χ1v) is 6.69. The Morgan fingerprint density at radius 2 is 2.27 bits per heavy atom. The summed E-state index contributed by atoms with van der Waals surface area (Å²) in [7, 11) is 0. The van der Waals surface area contributed by atoms with E-state index in [9.17, 15) is 0 Å². The predicted molar refractivity (Wildman–Crippen MR) is 60.5 cm³/mol. The molecule has 5 heteroatoms. The molecule has 0 saturated heterocycles. The molecule has 0 radical (unpaired) electrons. The molecule has 82 valence electrons. The van der Waals surface area contributed by atoms with Gasteiger partial charge in [0, 0.05) is 17.5 Å². The van der Waals surface area contributed by atoms with E-state index < -0.39 is 0 Å². The van der Waals surface area contributed by atoms with Gasteiger partial charge in [0.25, 0.3) is 0 Å². The molecule has 0 aromatic carbocycles. The van der Waals surface area contributed by atoms with Crippen molar-refractivity contribution in [1.82, 2.24) is 15.0 Å². The number of rotatable bonds is 1. The topological polar surface area (TPSA) is 56.7 Å². The lowest BCUT2D eigenvalue weighted by Crippen LogP contribution is -2.31. The van der Waals surface area contributed by atoms with Crippen molar-refractivity contribution < 1.29 is 0 Å². The zero-order chi connectivity index (χ0) is 10.3. The zero-order valence-corrected chi connectivity index (χ0v) is 9.54. The maximum absolute atomic E-state index is 5.66. The Bertz CT molecular complexity index is 362. The second kappa shape index (κ2) is 3.79. The van der Waals surface area contributed by atoms with Crippen molar-refractivity contribution in [2.45, 2.75) is 49.3 Å². The van der Waals surface area contributed by atoms with Crippen LogP contribution in [0.2, 0.25) is 0 Å². The van der Waals surface area contributed by atoms with E-state index in [1.165, 1.54) is 31.4 Å². The SMILES string of the molecule is NCc1nnn2c1CSC1CCCCC12. The number of hydrogen-bond donors (Lipinski definition) is 1. The van der Waals surface area contributed by atoms with Gasteiger partial charge in [0.2, 0.25) is 0 Å². The molecule has 2 N–H and O–H groups in total. The molecule has 2 atom stereocenters. The van der Waals surface area contributed by atoms with Gasteiger partial charge in [-0.25, -0.2) is 4.68 Å². The Labute approximate surface area is 93.6 Å². The Morgan fingerprint density at radius 1 is 1.40 bits per heavy atom. The van der Waals surface area contributed by atoms with Crippen LogP contribution in [0.15, 0.2) is 0 Å². The second-order valence-electron chi connectivity index (χ2n) is 4.33. The predicted octanol–water partition coefficient (Wildman–Crippen LogP) is 1.47. The highest BCUT2D eigenvalue weighted by Crippen LogP contribution is 2.42. The number of nitrogens with zero attached hydrogens (tertiary/aromatic N) is 3. The first-order chi connectivity index (χ1) is 7.40. The van der Waals surface area contributed by atoms with Crippen molar-refractivity contribution in [3.05, 3.63) is 11.4 Å². The molecule has 4 nitrogen and oxygen atoms in total. The fourth-order valence-corrected chi connectivity index (χ4v) is 4.14. The van der Waals surface area contributed by atoms with Gasteiger partial charge >= 0.3 is 0 Å². The summed E-state index contributed by atoms with van der Waals surface area (Å²) in [5, 5.41) is 9.23. The molecule has 1 aliphatic heterocycles. The van der Waals surface area contributed by atoms with Crippen LogP contribution in [0, 0.1) is 0 Å². The molecule has 1 saturated carbocycles. The van der Waals surface area contributed by atoms with Gasteiger partial charge in [-0.2, -0.15) is 0 Å². The quantitative estimate of drug-likeness (QED) is 0.784. The maximum atomic E-state index is 5.66. The van der Waals surface area contributed by atoms with E-state index in [1.54, 1.807) is 0 Å². The molecular formula is C10H16N4S. The highest BCUT2D eigenvalue weighted by molar-refractivity contribution is 7.99. The Morgan fingerprint density at radius 3 is 3.13 bits per heavy atom. The van der Waals surface area contributed by atoms with Crippen LogP contribution in [0.4, 0.5) is 0 Å². The van der Waals surface area contributed by atoms with E-state index in [1.807, 2.05) is 0 Å². The molecular weight excluding hydrogens is 208 g/mol. The van der Waals surface area contributed by atoms with Gasteiger partial charge in [-0.05, 0) is 12.8 Å². The van der Waals surface area contributed by atoms with Crippen molar-refractivity contribution in [3.8, 4) is 0 Å². The molecule has 2 aliphatic rings. The van der Waals surface area contributed by atoms with E-state index in [2.05, 4.69) is 26.8 Å². The Balaban J connectivity index is 1.97. The van der Waals surface area contributed by atoms with Crippen LogP contribution in [-0.4, -0.2) is 20.2 Å². The molecule has 1 aliphatic carbocycles. The molecule has 1 fully saturated rings. The Kier molecular flexibility index (Phi) is 2.44. The molecule has 2 unspecified atom stereocenters.